The monoisotopic (exact) mass is 381 g/mol. The van der Waals surface area contributed by atoms with Crippen molar-refractivity contribution in [2.24, 2.45) is 0 Å². The number of amides is 1. The predicted molar refractivity (Wildman–Crippen MR) is 117 cm³/mol. The van der Waals surface area contributed by atoms with Crippen molar-refractivity contribution in [2.45, 2.75) is 13.0 Å². The zero-order valence-electron chi connectivity index (χ0n) is 16.3. The molecule has 0 radical (unpaired) electrons. The second-order valence-electron chi connectivity index (χ2n) is 7.03. The number of fused-ring (bicyclic) bond motifs is 1. The average molecular weight is 381 g/mol. The smallest absolute Gasteiger partial charge is 0.258 e. The van der Waals surface area contributed by atoms with E-state index >= 15 is 0 Å². The van der Waals surface area contributed by atoms with Crippen LogP contribution >= 0.6 is 0 Å². The highest BCUT2D eigenvalue weighted by Crippen LogP contribution is 2.26. The van der Waals surface area contributed by atoms with E-state index in [0.29, 0.717) is 5.75 Å². The van der Waals surface area contributed by atoms with Gasteiger partial charge in [-0.25, -0.2) is 0 Å². The molecule has 0 bridgehead atoms. The summed E-state index contributed by atoms with van der Waals surface area (Å²) in [6.45, 7) is 2.02. The molecule has 1 N–H and O–H groups in total. The summed E-state index contributed by atoms with van der Waals surface area (Å²) in [6.07, 6.45) is 0. The molecular weight excluding hydrogens is 358 g/mol. The summed E-state index contributed by atoms with van der Waals surface area (Å²) in [5, 5.41) is 5.24. The molecule has 0 aliphatic carbocycles. The van der Waals surface area contributed by atoms with Gasteiger partial charge in [-0.2, -0.15) is 0 Å². The van der Waals surface area contributed by atoms with Crippen molar-refractivity contribution in [1.29, 1.82) is 0 Å². The van der Waals surface area contributed by atoms with E-state index in [-0.39, 0.29) is 18.6 Å². The normalized spacial score (nSPS) is 11.8. The van der Waals surface area contributed by atoms with Crippen LogP contribution in [0.2, 0.25) is 0 Å². The van der Waals surface area contributed by atoms with Crippen molar-refractivity contribution in [3.05, 3.63) is 114 Å². The highest BCUT2D eigenvalue weighted by atomic mass is 16.5. The van der Waals surface area contributed by atoms with Crippen LogP contribution in [0.25, 0.3) is 10.8 Å². The van der Waals surface area contributed by atoms with Gasteiger partial charge in [0.1, 0.15) is 5.75 Å². The van der Waals surface area contributed by atoms with Gasteiger partial charge in [-0.1, -0.05) is 91.0 Å². The Balaban J connectivity index is 1.53. The van der Waals surface area contributed by atoms with E-state index in [1.807, 2.05) is 84.9 Å². The van der Waals surface area contributed by atoms with Crippen LogP contribution in [0.4, 0.5) is 0 Å². The van der Waals surface area contributed by atoms with Crippen LogP contribution in [0.15, 0.2) is 97.1 Å². The maximum atomic E-state index is 12.8. The van der Waals surface area contributed by atoms with Crippen LogP contribution in [-0.2, 0) is 4.79 Å². The Bertz CT molecular complexity index is 1120. The molecule has 1 amide bonds. The molecule has 0 aliphatic rings. The quantitative estimate of drug-likeness (QED) is 0.483. The van der Waals surface area contributed by atoms with Gasteiger partial charge in [0.15, 0.2) is 6.61 Å². The number of aryl methyl sites for hydroxylation is 1. The predicted octanol–water partition coefficient (Wildman–Crippen LogP) is 5.43. The lowest BCUT2D eigenvalue weighted by atomic mass is 9.95. The molecule has 0 saturated heterocycles. The Morgan fingerprint density at radius 1 is 0.828 bits per heavy atom. The lowest BCUT2D eigenvalue weighted by Gasteiger charge is -2.22. The van der Waals surface area contributed by atoms with Gasteiger partial charge in [-0.05, 0) is 35.1 Å². The van der Waals surface area contributed by atoms with Crippen LogP contribution in [0.3, 0.4) is 0 Å². The molecule has 0 heterocycles. The summed E-state index contributed by atoms with van der Waals surface area (Å²) < 4.78 is 5.87. The van der Waals surface area contributed by atoms with Crippen LogP contribution in [0.5, 0.6) is 5.75 Å². The minimum absolute atomic E-state index is 0.0385. The Morgan fingerprint density at radius 3 is 2.34 bits per heavy atom. The first-order valence-electron chi connectivity index (χ1n) is 9.73. The first kappa shape index (κ1) is 18.8. The summed E-state index contributed by atoms with van der Waals surface area (Å²) >= 11 is 0. The van der Waals surface area contributed by atoms with Crippen molar-refractivity contribution in [2.75, 3.05) is 6.61 Å². The van der Waals surface area contributed by atoms with E-state index in [4.69, 9.17) is 4.74 Å². The molecule has 0 aromatic heterocycles. The third kappa shape index (κ3) is 4.30. The number of hydrogen-bond acceptors (Lipinski definition) is 2. The van der Waals surface area contributed by atoms with Gasteiger partial charge in [0, 0.05) is 5.39 Å². The van der Waals surface area contributed by atoms with Crippen molar-refractivity contribution >= 4 is 16.7 Å². The molecule has 0 aliphatic heterocycles. The number of carbonyl (C=O) groups excluding carboxylic acids is 1. The van der Waals surface area contributed by atoms with Crippen LogP contribution < -0.4 is 10.1 Å². The van der Waals surface area contributed by atoms with Crippen molar-refractivity contribution in [1.82, 2.24) is 5.32 Å². The average Bonchev–Trinajstić information content (AvgIpc) is 2.77. The Morgan fingerprint density at radius 2 is 1.52 bits per heavy atom. The van der Waals surface area contributed by atoms with Crippen LogP contribution in [0.1, 0.15) is 22.7 Å². The second kappa shape index (κ2) is 8.61. The summed E-state index contributed by atoms with van der Waals surface area (Å²) in [4.78, 5) is 12.8. The van der Waals surface area contributed by atoms with Crippen molar-refractivity contribution < 1.29 is 9.53 Å². The maximum Gasteiger partial charge on any atom is 0.258 e. The van der Waals surface area contributed by atoms with E-state index in [2.05, 4.69) is 24.4 Å². The van der Waals surface area contributed by atoms with Gasteiger partial charge in [0.05, 0.1) is 6.04 Å². The Hall–Kier alpha value is -3.59. The number of rotatable bonds is 6. The molecule has 144 valence electrons. The molecule has 0 unspecified atom stereocenters. The van der Waals surface area contributed by atoms with Crippen LogP contribution in [-0.4, -0.2) is 12.5 Å². The standard InChI is InChI=1S/C26H23NO2/c1-19-10-5-7-15-22(19)26(21-12-3-2-4-13-21)27-25(28)18-29-24-17-9-14-20-11-6-8-16-23(20)24/h2-17,26H,18H2,1H3,(H,27,28)/t26-/m1/s1. The van der Waals surface area contributed by atoms with E-state index < -0.39 is 0 Å². The fourth-order valence-electron chi connectivity index (χ4n) is 3.56. The minimum Gasteiger partial charge on any atom is -0.483 e. The van der Waals surface area contributed by atoms with Crippen molar-refractivity contribution in [3.63, 3.8) is 0 Å². The number of nitrogens with one attached hydrogen (secondary N) is 1. The number of ether oxygens (including phenoxy) is 1. The highest BCUT2D eigenvalue weighted by Gasteiger charge is 2.18. The molecule has 29 heavy (non-hydrogen) atoms. The number of benzene rings is 4. The van der Waals surface area contributed by atoms with E-state index in [1.54, 1.807) is 0 Å². The van der Waals surface area contributed by atoms with E-state index in [9.17, 15) is 4.79 Å². The van der Waals surface area contributed by atoms with Crippen molar-refractivity contribution in [3.8, 4) is 5.75 Å². The van der Waals surface area contributed by atoms with Gasteiger partial charge in [-0.3, -0.25) is 4.79 Å². The molecule has 1 atom stereocenters. The molecule has 0 spiro atoms. The highest BCUT2D eigenvalue weighted by molar-refractivity contribution is 5.88. The largest absolute Gasteiger partial charge is 0.483 e. The molecule has 3 heteroatoms. The summed E-state index contributed by atoms with van der Waals surface area (Å²) in [7, 11) is 0. The van der Waals surface area contributed by atoms with Gasteiger partial charge in [0.25, 0.3) is 5.91 Å². The zero-order chi connectivity index (χ0) is 20.1. The second-order valence-corrected chi connectivity index (χ2v) is 7.03. The zero-order valence-corrected chi connectivity index (χ0v) is 16.3. The first-order chi connectivity index (χ1) is 14.2. The summed E-state index contributed by atoms with van der Waals surface area (Å²) in [5.74, 6) is 0.556. The van der Waals surface area contributed by atoms with Gasteiger partial charge in [0.2, 0.25) is 0 Å². The minimum atomic E-state index is -0.221. The first-order valence-corrected chi connectivity index (χ1v) is 9.73. The molecule has 4 rings (SSSR count). The lowest BCUT2D eigenvalue weighted by molar-refractivity contribution is -0.123. The summed E-state index contributed by atoms with van der Waals surface area (Å²) in [5.41, 5.74) is 3.26. The van der Waals surface area contributed by atoms with E-state index in [0.717, 1.165) is 27.5 Å². The molecule has 0 saturated carbocycles. The fraction of sp³-hybridized carbons (Fsp3) is 0.115. The number of hydrogen-bond donors (Lipinski definition) is 1. The summed E-state index contributed by atoms with van der Waals surface area (Å²) in [6, 6.07) is 31.8. The molecular formula is C26H23NO2. The Kier molecular flexibility index (Phi) is 5.57. The number of carbonyl (C=O) groups is 1. The third-order valence-corrected chi connectivity index (χ3v) is 5.05. The fourth-order valence-corrected chi connectivity index (χ4v) is 3.56. The van der Waals surface area contributed by atoms with Gasteiger partial charge in [-0.15, -0.1) is 0 Å². The van der Waals surface area contributed by atoms with Gasteiger partial charge >= 0.3 is 0 Å². The topological polar surface area (TPSA) is 38.3 Å². The molecule has 3 nitrogen and oxygen atoms in total. The van der Waals surface area contributed by atoms with Gasteiger partial charge < -0.3 is 10.1 Å². The van der Waals surface area contributed by atoms with E-state index in [1.165, 1.54) is 0 Å². The SMILES string of the molecule is Cc1ccccc1[C@H](NC(=O)COc1cccc2ccccc12)c1ccccc1. The van der Waals surface area contributed by atoms with Crippen LogP contribution in [0, 0.1) is 6.92 Å². The molecule has 4 aromatic rings. The maximum absolute atomic E-state index is 12.8. The molecule has 4 aromatic carbocycles. The Labute approximate surface area is 171 Å². The third-order valence-electron chi connectivity index (χ3n) is 5.05. The molecule has 0 fully saturated rings. The lowest BCUT2D eigenvalue weighted by Crippen LogP contribution is -2.33.